The lowest BCUT2D eigenvalue weighted by Crippen LogP contribution is -2.34. The molecule has 2 heterocycles. The number of hydrogen-bond acceptors (Lipinski definition) is 7. The third kappa shape index (κ3) is 4.09. The molecule has 0 saturated heterocycles. The zero-order valence-corrected chi connectivity index (χ0v) is 16.6. The van der Waals surface area contributed by atoms with Crippen molar-refractivity contribution in [1.29, 1.82) is 0 Å². The second-order valence-electron chi connectivity index (χ2n) is 6.03. The zero-order valence-electron chi connectivity index (χ0n) is 15.0. The number of carbonyl (C=O) groups excluding carboxylic acids is 1. The number of aromatic nitrogens is 3. The van der Waals surface area contributed by atoms with Gasteiger partial charge in [-0.05, 0) is 34.6 Å². The van der Waals surface area contributed by atoms with Crippen molar-refractivity contribution in [2.45, 2.75) is 6.04 Å². The van der Waals surface area contributed by atoms with Crippen LogP contribution in [-0.2, 0) is 0 Å². The average molecular weight is 422 g/mol. The number of thiazole rings is 1. The molecule has 4 rings (SSSR count). The van der Waals surface area contributed by atoms with Gasteiger partial charge in [0.2, 0.25) is 5.95 Å². The zero-order chi connectivity index (χ0) is 20.2. The molecule has 0 aliphatic carbocycles. The molecule has 0 bridgehead atoms. The Bertz CT molecular complexity index is 1190. The van der Waals surface area contributed by atoms with E-state index in [0.29, 0.717) is 5.01 Å². The number of rotatable bonds is 5. The Morgan fingerprint density at radius 3 is 2.79 bits per heavy atom. The van der Waals surface area contributed by atoms with Gasteiger partial charge in [-0.3, -0.25) is 5.32 Å². The van der Waals surface area contributed by atoms with Crippen LogP contribution in [0.1, 0.15) is 16.6 Å². The Balaban J connectivity index is 1.48. The summed E-state index contributed by atoms with van der Waals surface area (Å²) in [6.45, 7) is -0.253. The highest BCUT2D eigenvalue weighted by atomic mass is 32.1. The van der Waals surface area contributed by atoms with Crippen molar-refractivity contribution >= 4 is 45.1 Å². The summed E-state index contributed by atoms with van der Waals surface area (Å²) in [5.74, 6) is 2.49. The number of nitrogens with zero attached hydrogens (tertiary/aromatic N) is 3. The first kappa shape index (κ1) is 19.0. The molecule has 2 aromatic carbocycles. The number of carbonyl (C=O) groups is 1. The first-order valence-corrected chi connectivity index (χ1v) is 10.2. The Morgan fingerprint density at radius 1 is 1.24 bits per heavy atom. The molecule has 3 N–H and O–H groups in total. The van der Waals surface area contributed by atoms with Crippen LogP contribution in [0.15, 0.2) is 48.0 Å². The number of benzene rings is 2. The molecule has 7 nitrogen and oxygen atoms in total. The molecule has 4 aromatic rings. The number of nitrogens with one attached hydrogen (secondary N) is 2. The number of urea groups is 1. The number of terminal acetylenes is 1. The molecular weight excluding hydrogens is 406 g/mol. The van der Waals surface area contributed by atoms with E-state index in [-0.39, 0.29) is 12.6 Å². The van der Waals surface area contributed by atoms with Gasteiger partial charge in [0.25, 0.3) is 0 Å². The third-order valence-electron chi connectivity index (χ3n) is 4.24. The van der Waals surface area contributed by atoms with E-state index >= 15 is 0 Å². The molecule has 0 saturated carbocycles. The van der Waals surface area contributed by atoms with Crippen LogP contribution in [0.5, 0.6) is 0 Å². The maximum absolute atomic E-state index is 12.2. The van der Waals surface area contributed by atoms with Crippen LogP contribution in [0.2, 0.25) is 0 Å². The predicted molar refractivity (Wildman–Crippen MR) is 115 cm³/mol. The van der Waals surface area contributed by atoms with Crippen LogP contribution >= 0.6 is 22.9 Å². The van der Waals surface area contributed by atoms with Gasteiger partial charge >= 0.3 is 6.03 Å². The van der Waals surface area contributed by atoms with E-state index in [4.69, 9.17) is 6.42 Å². The van der Waals surface area contributed by atoms with Gasteiger partial charge in [-0.2, -0.15) is 9.36 Å². The highest BCUT2D eigenvalue weighted by Crippen LogP contribution is 2.31. The summed E-state index contributed by atoms with van der Waals surface area (Å²) >= 11 is 2.62. The lowest BCUT2D eigenvalue weighted by atomic mass is 10.0. The van der Waals surface area contributed by atoms with Crippen LogP contribution in [0.3, 0.4) is 0 Å². The fraction of sp³-hybridized carbons (Fsp3) is 0.100. The number of fused-ring (bicyclic) bond motifs is 1. The minimum Gasteiger partial charge on any atom is -0.394 e. The van der Waals surface area contributed by atoms with Crippen LogP contribution in [-0.4, -0.2) is 32.1 Å². The van der Waals surface area contributed by atoms with Crippen molar-refractivity contribution < 1.29 is 9.90 Å². The van der Waals surface area contributed by atoms with Crippen LogP contribution in [0, 0.1) is 12.3 Å². The smallest absolute Gasteiger partial charge is 0.322 e. The summed E-state index contributed by atoms with van der Waals surface area (Å²) in [6.07, 6.45) is 5.24. The topological polar surface area (TPSA) is 100 Å². The molecule has 2 amide bonds. The van der Waals surface area contributed by atoms with Crippen molar-refractivity contribution in [3.8, 4) is 23.5 Å². The molecular formula is C20H15N5O2S2. The maximum Gasteiger partial charge on any atom is 0.322 e. The molecule has 2 aromatic heterocycles. The van der Waals surface area contributed by atoms with E-state index in [2.05, 4.69) is 37.0 Å². The molecule has 0 aliphatic rings. The van der Waals surface area contributed by atoms with Gasteiger partial charge in [-0.25, -0.2) is 9.78 Å². The van der Waals surface area contributed by atoms with Crippen molar-refractivity contribution in [2.24, 2.45) is 0 Å². The standard InChI is InChI=1S/C20H15N5O2S2/c1-2-17-23-19(25-29-17)24-20(27)22-16(10-26)13-8-6-12(7-9-13)14-4-3-5-15-18(14)28-11-21-15/h1,3-9,11,16,26H,10H2,(H2,22,24,25,27). The molecule has 29 heavy (non-hydrogen) atoms. The third-order valence-corrected chi connectivity index (χ3v) is 5.77. The van der Waals surface area contributed by atoms with Crippen LogP contribution in [0.4, 0.5) is 10.7 Å². The van der Waals surface area contributed by atoms with Gasteiger partial charge in [0.1, 0.15) is 0 Å². The molecule has 0 fully saturated rings. The van der Waals surface area contributed by atoms with Crippen molar-refractivity contribution in [3.05, 3.63) is 58.5 Å². The Hall–Kier alpha value is -3.32. The van der Waals surface area contributed by atoms with Crippen molar-refractivity contribution in [1.82, 2.24) is 19.7 Å². The summed E-state index contributed by atoms with van der Waals surface area (Å²) in [4.78, 5) is 20.5. The Kier molecular flexibility index (Phi) is 5.48. The summed E-state index contributed by atoms with van der Waals surface area (Å²) < 4.78 is 5.07. The summed E-state index contributed by atoms with van der Waals surface area (Å²) in [6, 6.07) is 12.6. The molecule has 144 valence electrons. The van der Waals surface area contributed by atoms with E-state index in [9.17, 15) is 9.90 Å². The first-order valence-electron chi connectivity index (χ1n) is 8.59. The lowest BCUT2D eigenvalue weighted by molar-refractivity contribution is 0.225. The van der Waals surface area contributed by atoms with E-state index in [1.54, 1.807) is 11.3 Å². The van der Waals surface area contributed by atoms with Gasteiger partial charge < -0.3 is 10.4 Å². The largest absolute Gasteiger partial charge is 0.394 e. The van der Waals surface area contributed by atoms with E-state index < -0.39 is 12.1 Å². The van der Waals surface area contributed by atoms with Crippen molar-refractivity contribution in [3.63, 3.8) is 0 Å². The average Bonchev–Trinajstić information content (AvgIpc) is 3.41. The molecule has 1 atom stereocenters. The van der Waals surface area contributed by atoms with Gasteiger partial charge in [0, 0.05) is 5.56 Å². The maximum atomic E-state index is 12.2. The molecule has 0 spiro atoms. The number of hydrogen-bond donors (Lipinski definition) is 3. The first-order chi connectivity index (χ1) is 14.2. The van der Waals surface area contributed by atoms with Crippen LogP contribution < -0.4 is 10.6 Å². The molecule has 0 aliphatic heterocycles. The molecule has 9 heteroatoms. The predicted octanol–water partition coefficient (Wildman–Crippen LogP) is 3.65. The Morgan fingerprint density at radius 2 is 2.07 bits per heavy atom. The van der Waals surface area contributed by atoms with Gasteiger partial charge in [0.05, 0.1) is 28.4 Å². The van der Waals surface area contributed by atoms with E-state index in [0.717, 1.165) is 38.4 Å². The fourth-order valence-corrected chi connectivity index (χ4v) is 4.14. The minimum absolute atomic E-state index is 0.130. The second kappa shape index (κ2) is 8.36. The van der Waals surface area contributed by atoms with Crippen molar-refractivity contribution in [2.75, 3.05) is 11.9 Å². The number of amides is 2. The number of aliphatic hydroxyl groups excluding tert-OH is 1. The highest BCUT2D eigenvalue weighted by molar-refractivity contribution is 7.17. The van der Waals surface area contributed by atoms with E-state index in [1.807, 2.05) is 41.9 Å². The normalized spacial score (nSPS) is 11.7. The quantitative estimate of drug-likeness (QED) is 0.427. The summed E-state index contributed by atoms with van der Waals surface area (Å²) in [5.41, 5.74) is 5.71. The Labute approximate surface area is 174 Å². The number of anilines is 1. The highest BCUT2D eigenvalue weighted by Gasteiger charge is 2.16. The van der Waals surface area contributed by atoms with Gasteiger partial charge in [-0.15, -0.1) is 17.8 Å². The van der Waals surface area contributed by atoms with Gasteiger partial charge in [0.15, 0.2) is 5.01 Å². The second-order valence-corrected chi connectivity index (χ2v) is 7.64. The van der Waals surface area contributed by atoms with Gasteiger partial charge in [-0.1, -0.05) is 36.4 Å². The SMILES string of the molecule is C#Cc1nc(NC(=O)NC(CO)c2ccc(-c3cccc4ncsc34)cc2)ns1. The molecule has 1 unspecified atom stereocenters. The monoisotopic (exact) mass is 421 g/mol. The summed E-state index contributed by atoms with van der Waals surface area (Å²) in [5, 5.41) is 15.3. The molecule has 0 radical (unpaired) electrons. The summed E-state index contributed by atoms with van der Waals surface area (Å²) in [7, 11) is 0. The fourth-order valence-electron chi connectivity index (χ4n) is 2.87. The van der Waals surface area contributed by atoms with E-state index in [1.165, 1.54) is 0 Å². The lowest BCUT2D eigenvalue weighted by Gasteiger charge is -2.17. The van der Waals surface area contributed by atoms with Crippen LogP contribution in [0.25, 0.3) is 21.3 Å². The number of aliphatic hydroxyl groups is 1. The minimum atomic E-state index is -0.575.